The molecule has 0 unspecified atom stereocenters. The van der Waals surface area contributed by atoms with E-state index < -0.39 is 10.0 Å². The van der Waals surface area contributed by atoms with Crippen molar-refractivity contribution in [2.45, 2.75) is 11.8 Å². The van der Waals surface area contributed by atoms with E-state index in [0.717, 1.165) is 3.79 Å². The Morgan fingerprint density at radius 1 is 1.69 bits per heavy atom. The van der Waals surface area contributed by atoms with Gasteiger partial charge in [-0.1, -0.05) is 5.11 Å². The second-order valence-electron chi connectivity index (χ2n) is 2.82. The van der Waals surface area contributed by atoms with Gasteiger partial charge in [-0.25, -0.2) is 13.1 Å². The number of hydrogen-bond acceptors (Lipinski definition) is 4. The minimum atomic E-state index is -3.50. The Labute approximate surface area is 105 Å². The molecule has 0 spiro atoms. The van der Waals surface area contributed by atoms with E-state index in [2.05, 4.69) is 30.7 Å². The predicted octanol–water partition coefficient (Wildman–Crippen LogP) is 2.41. The van der Waals surface area contributed by atoms with Crippen LogP contribution in [0, 0.1) is 6.92 Å². The van der Waals surface area contributed by atoms with Gasteiger partial charge >= 0.3 is 0 Å². The molecule has 0 aliphatic heterocycles. The average Bonchev–Trinajstić information content (AvgIpc) is 2.53. The Morgan fingerprint density at radius 3 is 2.88 bits per heavy atom. The Hall–Kier alpha value is -0.600. The number of nitrogens with one attached hydrogen (secondary N) is 1. The SMILES string of the molecule is Cc1sc(Br)cc1S(=O)(=O)NCCN=[N+]=[N-]. The summed E-state index contributed by atoms with van der Waals surface area (Å²) in [7, 11) is -3.50. The number of azide groups is 1. The molecular formula is C7H9BrN4O2S2. The molecule has 0 saturated carbocycles. The highest BCUT2D eigenvalue weighted by molar-refractivity contribution is 9.11. The number of aryl methyl sites for hydroxylation is 1. The Morgan fingerprint density at radius 2 is 2.38 bits per heavy atom. The lowest BCUT2D eigenvalue weighted by atomic mass is 10.5. The lowest BCUT2D eigenvalue weighted by molar-refractivity contribution is 0.582. The summed E-state index contributed by atoms with van der Waals surface area (Å²) in [4.78, 5) is 3.50. The number of rotatable bonds is 5. The number of thiophene rings is 1. The third kappa shape index (κ3) is 3.46. The third-order valence-corrected chi connectivity index (χ3v) is 4.97. The molecular weight excluding hydrogens is 316 g/mol. The molecule has 1 aromatic rings. The summed E-state index contributed by atoms with van der Waals surface area (Å²) in [5, 5.41) is 3.24. The van der Waals surface area contributed by atoms with Gasteiger partial charge in [0.15, 0.2) is 0 Å². The fourth-order valence-corrected chi connectivity index (χ4v) is 4.48. The average molecular weight is 325 g/mol. The van der Waals surface area contributed by atoms with Gasteiger partial charge in [0.1, 0.15) is 0 Å². The van der Waals surface area contributed by atoms with Crippen molar-refractivity contribution in [2.24, 2.45) is 5.11 Å². The van der Waals surface area contributed by atoms with E-state index in [1.807, 2.05) is 0 Å². The molecule has 0 radical (unpaired) electrons. The number of sulfonamides is 1. The molecule has 0 fully saturated rings. The van der Waals surface area contributed by atoms with Gasteiger partial charge in [-0.3, -0.25) is 0 Å². The first-order valence-electron chi connectivity index (χ1n) is 4.24. The maximum Gasteiger partial charge on any atom is 0.241 e. The van der Waals surface area contributed by atoms with Gasteiger partial charge in [0, 0.05) is 22.9 Å². The topological polar surface area (TPSA) is 94.9 Å². The Kier molecular flexibility index (Phi) is 4.75. The summed E-state index contributed by atoms with van der Waals surface area (Å²) in [6.45, 7) is 1.93. The Balaban J connectivity index is 2.78. The van der Waals surface area contributed by atoms with Crippen LogP contribution in [0.15, 0.2) is 19.9 Å². The highest BCUT2D eigenvalue weighted by Gasteiger charge is 2.18. The van der Waals surface area contributed by atoms with Gasteiger partial charge in [0.25, 0.3) is 0 Å². The minimum absolute atomic E-state index is 0.0965. The lowest BCUT2D eigenvalue weighted by Gasteiger charge is -2.03. The second-order valence-corrected chi connectivity index (χ2v) is 7.19. The van der Waals surface area contributed by atoms with Crippen LogP contribution in [0.25, 0.3) is 10.4 Å². The zero-order valence-corrected chi connectivity index (χ0v) is 11.6. The zero-order valence-electron chi connectivity index (χ0n) is 8.34. The van der Waals surface area contributed by atoms with Crippen LogP contribution in [-0.2, 0) is 10.0 Å². The van der Waals surface area contributed by atoms with Crippen molar-refractivity contribution >= 4 is 37.3 Å². The van der Waals surface area contributed by atoms with E-state index in [0.29, 0.717) is 4.88 Å². The van der Waals surface area contributed by atoms with E-state index in [1.54, 1.807) is 13.0 Å². The molecule has 0 aliphatic rings. The molecule has 16 heavy (non-hydrogen) atoms. The first-order valence-corrected chi connectivity index (χ1v) is 7.33. The standard InChI is InChI=1S/C7H9BrN4O2S2/c1-5-6(4-7(8)15-5)16(13,14)11-3-2-10-12-9/h4,11H,2-3H2,1H3. The van der Waals surface area contributed by atoms with Crippen LogP contribution in [0.3, 0.4) is 0 Å². The van der Waals surface area contributed by atoms with Gasteiger partial charge < -0.3 is 0 Å². The molecule has 1 aromatic heterocycles. The minimum Gasteiger partial charge on any atom is -0.211 e. The molecule has 1 rings (SSSR count). The van der Waals surface area contributed by atoms with Gasteiger partial charge in [0.05, 0.1) is 8.68 Å². The summed E-state index contributed by atoms with van der Waals surface area (Å²) in [6.07, 6.45) is 0. The van der Waals surface area contributed by atoms with Gasteiger partial charge in [-0.15, -0.1) is 11.3 Å². The largest absolute Gasteiger partial charge is 0.241 e. The van der Waals surface area contributed by atoms with E-state index >= 15 is 0 Å². The van der Waals surface area contributed by atoms with E-state index in [9.17, 15) is 8.42 Å². The third-order valence-electron chi connectivity index (χ3n) is 1.70. The van der Waals surface area contributed by atoms with Crippen molar-refractivity contribution in [2.75, 3.05) is 13.1 Å². The van der Waals surface area contributed by atoms with Gasteiger partial charge in [0.2, 0.25) is 10.0 Å². The first-order chi connectivity index (χ1) is 7.47. The van der Waals surface area contributed by atoms with E-state index in [1.165, 1.54) is 11.3 Å². The van der Waals surface area contributed by atoms with Gasteiger partial charge in [-0.2, -0.15) is 0 Å². The molecule has 0 aliphatic carbocycles. The molecule has 0 saturated heterocycles. The van der Waals surface area contributed by atoms with Crippen LogP contribution in [0.4, 0.5) is 0 Å². The molecule has 6 nitrogen and oxygen atoms in total. The van der Waals surface area contributed by atoms with Crippen molar-refractivity contribution < 1.29 is 8.42 Å². The van der Waals surface area contributed by atoms with Crippen molar-refractivity contribution in [3.63, 3.8) is 0 Å². The molecule has 0 atom stereocenters. The molecule has 0 aromatic carbocycles. The quantitative estimate of drug-likeness (QED) is 0.389. The number of halogens is 1. The molecule has 88 valence electrons. The molecule has 1 N–H and O–H groups in total. The van der Waals surface area contributed by atoms with E-state index in [4.69, 9.17) is 5.53 Å². The lowest BCUT2D eigenvalue weighted by Crippen LogP contribution is -2.26. The molecule has 1 heterocycles. The smallest absolute Gasteiger partial charge is 0.211 e. The first kappa shape index (κ1) is 13.5. The highest BCUT2D eigenvalue weighted by atomic mass is 79.9. The van der Waals surface area contributed by atoms with Gasteiger partial charge in [-0.05, 0) is 34.5 Å². The van der Waals surface area contributed by atoms with Crippen LogP contribution in [-0.4, -0.2) is 21.5 Å². The summed E-state index contributed by atoms with van der Waals surface area (Å²) in [6, 6.07) is 1.55. The highest BCUT2D eigenvalue weighted by Crippen LogP contribution is 2.29. The van der Waals surface area contributed by atoms with Crippen molar-refractivity contribution in [1.29, 1.82) is 0 Å². The van der Waals surface area contributed by atoms with Crippen molar-refractivity contribution in [3.05, 3.63) is 25.2 Å². The zero-order chi connectivity index (χ0) is 12.2. The maximum atomic E-state index is 11.8. The summed E-state index contributed by atoms with van der Waals surface area (Å²) in [5.74, 6) is 0. The van der Waals surface area contributed by atoms with Crippen LogP contribution in [0.2, 0.25) is 0 Å². The maximum absolute atomic E-state index is 11.8. The predicted molar refractivity (Wildman–Crippen MR) is 66.0 cm³/mol. The van der Waals surface area contributed by atoms with Crippen LogP contribution >= 0.6 is 27.3 Å². The van der Waals surface area contributed by atoms with Crippen molar-refractivity contribution in [1.82, 2.24) is 4.72 Å². The van der Waals surface area contributed by atoms with Crippen molar-refractivity contribution in [3.8, 4) is 0 Å². The summed E-state index contributed by atoms with van der Waals surface area (Å²) >= 11 is 4.58. The fourth-order valence-electron chi connectivity index (χ4n) is 1.05. The second kappa shape index (κ2) is 5.65. The molecule has 0 amide bonds. The number of hydrogen-bond donors (Lipinski definition) is 1. The molecule has 9 heteroatoms. The monoisotopic (exact) mass is 324 g/mol. The summed E-state index contributed by atoms with van der Waals surface area (Å²) in [5.41, 5.74) is 8.04. The van der Waals surface area contributed by atoms with Crippen LogP contribution in [0.1, 0.15) is 4.88 Å². The Bertz CT molecular complexity index is 518. The normalized spacial score (nSPS) is 11.1. The number of nitrogens with zero attached hydrogens (tertiary/aromatic N) is 3. The molecule has 0 bridgehead atoms. The fraction of sp³-hybridized carbons (Fsp3) is 0.429. The summed E-state index contributed by atoms with van der Waals surface area (Å²) < 4.78 is 26.7. The van der Waals surface area contributed by atoms with Crippen LogP contribution < -0.4 is 4.72 Å². The van der Waals surface area contributed by atoms with E-state index in [-0.39, 0.29) is 18.0 Å². The van der Waals surface area contributed by atoms with Crippen LogP contribution in [0.5, 0.6) is 0 Å².